The first kappa shape index (κ1) is 10.8. The summed E-state index contributed by atoms with van der Waals surface area (Å²) in [4.78, 5) is 4.68. The molecule has 2 aromatic rings. The van der Waals surface area contributed by atoms with Gasteiger partial charge in [0, 0.05) is 35.5 Å². The lowest BCUT2D eigenvalue weighted by Crippen LogP contribution is -2.25. The van der Waals surface area contributed by atoms with E-state index in [0.29, 0.717) is 5.02 Å². The molecule has 0 spiro atoms. The molecular formula is C13H13ClN2O. The lowest BCUT2D eigenvalue weighted by molar-refractivity contribution is 0.409. The number of halogens is 1. The van der Waals surface area contributed by atoms with Crippen molar-refractivity contribution in [3.63, 3.8) is 0 Å². The molecule has 1 aliphatic rings. The number of methoxy groups -OCH3 is 1. The number of nitrogens with zero attached hydrogens (tertiary/aromatic N) is 1. The SMILES string of the molecule is COc1c2c(nc3cc(Cl)ccc13)CCNC2. The number of aromatic nitrogens is 1. The highest BCUT2D eigenvalue weighted by atomic mass is 35.5. The number of fused-ring (bicyclic) bond motifs is 2. The third-order valence-electron chi connectivity index (χ3n) is 3.13. The maximum absolute atomic E-state index is 6.00. The molecular weight excluding hydrogens is 236 g/mol. The van der Waals surface area contributed by atoms with Gasteiger partial charge in [-0.3, -0.25) is 4.98 Å². The van der Waals surface area contributed by atoms with Gasteiger partial charge >= 0.3 is 0 Å². The van der Waals surface area contributed by atoms with Crippen LogP contribution in [0.2, 0.25) is 5.02 Å². The van der Waals surface area contributed by atoms with Crippen LogP contribution in [0.15, 0.2) is 18.2 Å². The van der Waals surface area contributed by atoms with Gasteiger partial charge in [0.1, 0.15) is 5.75 Å². The molecule has 3 nitrogen and oxygen atoms in total. The van der Waals surface area contributed by atoms with E-state index >= 15 is 0 Å². The van der Waals surface area contributed by atoms with Gasteiger partial charge in [-0.05, 0) is 18.2 Å². The predicted molar refractivity (Wildman–Crippen MR) is 68.7 cm³/mol. The van der Waals surface area contributed by atoms with E-state index in [-0.39, 0.29) is 0 Å². The second-order valence-electron chi connectivity index (χ2n) is 4.16. The molecule has 0 bridgehead atoms. The van der Waals surface area contributed by atoms with Crippen LogP contribution in [0.4, 0.5) is 0 Å². The van der Waals surface area contributed by atoms with Gasteiger partial charge in [-0.25, -0.2) is 0 Å². The van der Waals surface area contributed by atoms with Crippen LogP contribution in [0.5, 0.6) is 5.75 Å². The van der Waals surface area contributed by atoms with Crippen LogP contribution in [0.1, 0.15) is 11.3 Å². The summed E-state index contributed by atoms with van der Waals surface area (Å²) in [6, 6.07) is 5.73. The van der Waals surface area contributed by atoms with E-state index in [1.807, 2.05) is 18.2 Å². The van der Waals surface area contributed by atoms with Crippen molar-refractivity contribution < 1.29 is 4.74 Å². The minimum atomic E-state index is 0.709. The quantitative estimate of drug-likeness (QED) is 0.842. The summed E-state index contributed by atoms with van der Waals surface area (Å²) >= 11 is 6.00. The molecule has 0 unspecified atom stereocenters. The molecule has 17 heavy (non-hydrogen) atoms. The molecule has 0 radical (unpaired) electrons. The van der Waals surface area contributed by atoms with E-state index < -0.39 is 0 Å². The van der Waals surface area contributed by atoms with Crippen molar-refractivity contribution in [1.82, 2.24) is 10.3 Å². The zero-order valence-electron chi connectivity index (χ0n) is 9.59. The standard InChI is InChI=1S/C13H13ClN2O/c1-17-13-9-3-2-8(14)6-12(9)16-11-4-5-15-7-10(11)13/h2-3,6,15H,4-5,7H2,1H3. The largest absolute Gasteiger partial charge is 0.496 e. The van der Waals surface area contributed by atoms with Gasteiger partial charge in [0.15, 0.2) is 0 Å². The number of ether oxygens (including phenoxy) is 1. The Balaban J connectivity index is 2.34. The first-order chi connectivity index (χ1) is 8.29. The first-order valence-electron chi connectivity index (χ1n) is 5.65. The van der Waals surface area contributed by atoms with Crippen LogP contribution < -0.4 is 10.1 Å². The molecule has 0 fully saturated rings. The molecule has 0 amide bonds. The number of benzene rings is 1. The van der Waals surface area contributed by atoms with E-state index in [4.69, 9.17) is 16.3 Å². The van der Waals surface area contributed by atoms with E-state index in [1.165, 1.54) is 5.56 Å². The van der Waals surface area contributed by atoms with Crippen molar-refractivity contribution >= 4 is 22.5 Å². The van der Waals surface area contributed by atoms with Gasteiger partial charge in [0.25, 0.3) is 0 Å². The average molecular weight is 249 g/mol. The van der Waals surface area contributed by atoms with Gasteiger partial charge in [0.05, 0.1) is 18.3 Å². The normalized spacial score (nSPS) is 14.7. The Labute approximate surface area is 105 Å². The Morgan fingerprint density at radius 3 is 3.12 bits per heavy atom. The Hall–Kier alpha value is -1.32. The molecule has 3 rings (SSSR count). The zero-order chi connectivity index (χ0) is 11.8. The maximum atomic E-state index is 6.00. The second-order valence-corrected chi connectivity index (χ2v) is 4.59. The number of rotatable bonds is 1. The predicted octanol–water partition coefficient (Wildman–Crippen LogP) is 2.54. The molecule has 1 N–H and O–H groups in total. The lowest BCUT2D eigenvalue weighted by Gasteiger charge is -2.20. The third-order valence-corrected chi connectivity index (χ3v) is 3.36. The summed E-state index contributed by atoms with van der Waals surface area (Å²) in [5.41, 5.74) is 3.21. The molecule has 1 aliphatic heterocycles. The number of nitrogens with one attached hydrogen (secondary N) is 1. The monoisotopic (exact) mass is 248 g/mol. The minimum absolute atomic E-state index is 0.709. The first-order valence-corrected chi connectivity index (χ1v) is 6.03. The van der Waals surface area contributed by atoms with Gasteiger partial charge in [-0.2, -0.15) is 0 Å². The Morgan fingerprint density at radius 1 is 1.41 bits per heavy atom. The highest BCUT2D eigenvalue weighted by Crippen LogP contribution is 2.33. The van der Waals surface area contributed by atoms with Crippen molar-refractivity contribution in [2.24, 2.45) is 0 Å². The summed E-state index contributed by atoms with van der Waals surface area (Å²) < 4.78 is 5.54. The number of hydrogen-bond acceptors (Lipinski definition) is 3. The number of pyridine rings is 1. The van der Waals surface area contributed by atoms with E-state index in [0.717, 1.165) is 41.9 Å². The highest BCUT2D eigenvalue weighted by Gasteiger charge is 2.18. The van der Waals surface area contributed by atoms with E-state index in [9.17, 15) is 0 Å². The lowest BCUT2D eigenvalue weighted by atomic mass is 10.0. The highest BCUT2D eigenvalue weighted by molar-refractivity contribution is 6.31. The molecule has 0 saturated heterocycles. The molecule has 0 saturated carbocycles. The van der Waals surface area contributed by atoms with Crippen molar-refractivity contribution in [3.8, 4) is 5.75 Å². The van der Waals surface area contributed by atoms with Crippen LogP contribution in [0, 0.1) is 0 Å². The number of hydrogen-bond donors (Lipinski definition) is 1. The minimum Gasteiger partial charge on any atom is -0.496 e. The fraction of sp³-hybridized carbons (Fsp3) is 0.308. The fourth-order valence-corrected chi connectivity index (χ4v) is 2.50. The maximum Gasteiger partial charge on any atom is 0.134 e. The molecule has 1 aromatic heterocycles. The summed E-state index contributed by atoms with van der Waals surface area (Å²) in [5, 5.41) is 5.08. The molecule has 0 atom stereocenters. The summed E-state index contributed by atoms with van der Waals surface area (Å²) in [5.74, 6) is 0.925. The summed E-state index contributed by atoms with van der Waals surface area (Å²) in [6.07, 6.45) is 0.939. The van der Waals surface area contributed by atoms with E-state index in [2.05, 4.69) is 10.3 Å². The average Bonchev–Trinajstić information content (AvgIpc) is 2.35. The second kappa shape index (κ2) is 4.17. The third kappa shape index (κ3) is 1.75. The molecule has 88 valence electrons. The van der Waals surface area contributed by atoms with Crippen LogP contribution in [0.3, 0.4) is 0 Å². The summed E-state index contributed by atoms with van der Waals surface area (Å²) in [7, 11) is 1.71. The van der Waals surface area contributed by atoms with E-state index in [1.54, 1.807) is 7.11 Å². The summed E-state index contributed by atoms with van der Waals surface area (Å²) in [6.45, 7) is 1.79. The Kier molecular flexibility index (Phi) is 2.65. The van der Waals surface area contributed by atoms with Gasteiger partial charge in [0.2, 0.25) is 0 Å². The van der Waals surface area contributed by atoms with Crippen molar-refractivity contribution in [1.29, 1.82) is 0 Å². The topological polar surface area (TPSA) is 34.1 Å². The van der Waals surface area contributed by atoms with Crippen LogP contribution in [-0.2, 0) is 13.0 Å². The van der Waals surface area contributed by atoms with Gasteiger partial charge in [-0.1, -0.05) is 11.6 Å². The van der Waals surface area contributed by atoms with Crippen molar-refractivity contribution in [2.45, 2.75) is 13.0 Å². The zero-order valence-corrected chi connectivity index (χ0v) is 10.3. The molecule has 4 heteroatoms. The van der Waals surface area contributed by atoms with Crippen LogP contribution >= 0.6 is 11.6 Å². The van der Waals surface area contributed by atoms with Crippen LogP contribution in [-0.4, -0.2) is 18.6 Å². The van der Waals surface area contributed by atoms with Gasteiger partial charge < -0.3 is 10.1 Å². The van der Waals surface area contributed by atoms with Crippen molar-refractivity contribution in [2.75, 3.05) is 13.7 Å². The van der Waals surface area contributed by atoms with Gasteiger partial charge in [-0.15, -0.1) is 0 Å². The molecule has 1 aromatic carbocycles. The Morgan fingerprint density at radius 2 is 2.29 bits per heavy atom. The molecule has 0 aliphatic carbocycles. The smallest absolute Gasteiger partial charge is 0.134 e. The fourth-order valence-electron chi connectivity index (χ4n) is 2.34. The molecule has 2 heterocycles. The van der Waals surface area contributed by atoms with Crippen molar-refractivity contribution in [3.05, 3.63) is 34.5 Å². The van der Waals surface area contributed by atoms with Crippen LogP contribution in [0.25, 0.3) is 10.9 Å². The Bertz CT molecular complexity index is 583.